The predicted molar refractivity (Wildman–Crippen MR) is 112 cm³/mol. The van der Waals surface area contributed by atoms with Gasteiger partial charge in [0.15, 0.2) is 0 Å². The highest BCUT2D eigenvalue weighted by Crippen LogP contribution is 2.36. The molecule has 0 unspecified atom stereocenters. The van der Waals surface area contributed by atoms with Gasteiger partial charge in [0.2, 0.25) is 0 Å². The van der Waals surface area contributed by atoms with Crippen LogP contribution >= 0.6 is 19.2 Å². The van der Waals surface area contributed by atoms with Crippen LogP contribution < -0.4 is 0 Å². The van der Waals surface area contributed by atoms with E-state index in [4.69, 9.17) is 11.6 Å². The van der Waals surface area contributed by atoms with Gasteiger partial charge in [0.05, 0.1) is 17.2 Å². The summed E-state index contributed by atoms with van der Waals surface area (Å²) in [5.74, 6) is 0.591. The molecule has 2 N–H and O–H groups in total. The van der Waals surface area contributed by atoms with E-state index in [1.165, 1.54) is 0 Å². The van der Waals surface area contributed by atoms with Gasteiger partial charge in [0, 0.05) is 17.1 Å². The van der Waals surface area contributed by atoms with E-state index in [0.717, 1.165) is 27.8 Å². The van der Waals surface area contributed by atoms with E-state index in [1.54, 1.807) is 6.07 Å². The third kappa shape index (κ3) is 4.03. The quantitative estimate of drug-likeness (QED) is 0.449. The number of rotatable bonds is 5. The lowest BCUT2D eigenvalue weighted by atomic mass is 10.1. The Hall–Kier alpha value is -2.43. The molecule has 0 radical (unpaired) electrons. The molecule has 1 heterocycles. The maximum Gasteiger partial charge on any atom is 0.326 e. The van der Waals surface area contributed by atoms with Crippen LogP contribution in [0.15, 0.2) is 72.8 Å². The molecular formula is C21H18ClN2O3P. The molecule has 0 fully saturated rings. The summed E-state index contributed by atoms with van der Waals surface area (Å²) in [6.45, 7) is 0. The highest BCUT2D eigenvalue weighted by Gasteiger charge is 2.18. The van der Waals surface area contributed by atoms with Gasteiger partial charge in [0.1, 0.15) is 5.82 Å². The number of imidazole rings is 1. The lowest BCUT2D eigenvalue weighted by Crippen LogP contribution is -2.04. The average Bonchev–Trinajstić information content (AvgIpc) is 3.04. The minimum atomic E-state index is -4.12. The van der Waals surface area contributed by atoms with Crippen molar-refractivity contribution in [2.45, 2.75) is 6.42 Å². The third-order valence-corrected chi connectivity index (χ3v) is 5.59. The topological polar surface area (TPSA) is 75.3 Å². The molecule has 7 heteroatoms. The first kappa shape index (κ1) is 18.9. The first-order chi connectivity index (χ1) is 13.4. The van der Waals surface area contributed by atoms with Gasteiger partial charge in [-0.05, 0) is 41.5 Å². The van der Waals surface area contributed by atoms with Gasteiger partial charge in [-0.1, -0.05) is 54.1 Å². The Morgan fingerprint density at radius 1 is 0.929 bits per heavy atom. The van der Waals surface area contributed by atoms with Crippen LogP contribution in [-0.4, -0.2) is 25.5 Å². The first-order valence-corrected chi connectivity index (χ1v) is 11.0. The summed E-state index contributed by atoms with van der Waals surface area (Å²) in [6, 6.07) is 23.4. The zero-order valence-corrected chi connectivity index (χ0v) is 16.5. The number of nitrogens with zero attached hydrogens (tertiary/aromatic N) is 2. The van der Waals surface area contributed by atoms with Gasteiger partial charge in [-0.2, -0.15) is 0 Å². The molecule has 1 aromatic heterocycles. The number of benzene rings is 3. The fraction of sp³-hybridized carbons (Fsp3) is 0.0952. The summed E-state index contributed by atoms with van der Waals surface area (Å²) < 4.78 is 13.3. The van der Waals surface area contributed by atoms with Crippen LogP contribution in [-0.2, 0) is 11.0 Å². The Labute approximate surface area is 167 Å². The standard InChI is InChI=1S/C21H18ClN2O3P/c22-17-8-11-19-20(14-17)24(21(23-19)12-13-28(25,26)27)18-9-6-16(7-10-18)15-4-2-1-3-5-15/h1-11,14H,12-13H2,(H2,25,26,27). The average molecular weight is 413 g/mol. The van der Waals surface area contributed by atoms with Crippen LogP contribution in [0.3, 0.4) is 0 Å². The minimum Gasteiger partial charge on any atom is -0.324 e. The third-order valence-electron chi connectivity index (χ3n) is 4.55. The molecule has 4 rings (SSSR count). The lowest BCUT2D eigenvalue weighted by Gasteiger charge is -2.11. The van der Waals surface area contributed by atoms with Crippen LogP contribution in [0.1, 0.15) is 5.82 Å². The van der Waals surface area contributed by atoms with Crippen molar-refractivity contribution < 1.29 is 14.4 Å². The molecule has 5 nitrogen and oxygen atoms in total. The molecule has 0 saturated heterocycles. The van der Waals surface area contributed by atoms with E-state index in [-0.39, 0.29) is 12.6 Å². The van der Waals surface area contributed by atoms with Crippen molar-refractivity contribution in [3.05, 3.63) is 83.6 Å². The zero-order chi connectivity index (χ0) is 19.7. The fourth-order valence-electron chi connectivity index (χ4n) is 3.23. The van der Waals surface area contributed by atoms with Crippen LogP contribution in [0.4, 0.5) is 0 Å². The SMILES string of the molecule is O=P(O)(O)CCc1nc2ccc(Cl)cc2n1-c1ccc(-c2ccccc2)cc1. The van der Waals surface area contributed by atoms with Crippen molar-refractivity contribution in [3.8, 4) is 16.8 Å². The van der Waals surface area contributed by atoms with Gasteiger partial charge >= 0.3 is 7.60 Å². The van der Waals surface area contributed by atoms with Crippen molar-refractivity contribution in [1.29, 1.82) is 0 Å². The summed E-state index contributed by atoms with van der Waals surface area (Å²) in [4.78, 5) is 23.1. The van der Waals surface area contributed by atoms with Crippen molar-refractivity contribution in [1.82, 2.24) is 9.55 Å². The van der Waals surface area contributed by atoms with Crippen molar-refractivity contribution in [2.75, 3.05) is 6.16 Å². The Kier molecular flexibility index (Phi) is 5.09. The molecule has 0 aliphatic carbocycles. The predicted octanol–water partition coefficient (Wildman–Crippen LogP) is 5.07. The van der Waals surface area contributed by atoms with Crippen molar-refractivity contribution in [3.63, 3.8) is 0 Å². The molecular weight excluding hydrogens is 395 g/mol. The maximum absolute atomic E-state index is 11.4. The summed E-state index contributed by atoms with van der Waals surface area (Å²) >= 11 is 6.18. The largest absolute Gasteiger partial charge is 0.326 e. The van der Waals surface area contributed by atoms with Gasteiger partial charge < -0.3 is 9.79 Å². The van der Waals surface area contributed by atoms with Crippen molar-refractivity contribution in [2.24, 2.45) is 0 Å². The highest BCUT2D eigenvalue weighted by atomic mass is 35.5. The number of aryl methyl sites for hydroxylation is 1. The molecule has 4 aromatic rings. The van der Waals surface area contributed by atoms with Crippen LogP contribution in [0.25, 0.3) is 27.8 Å². The molecule has 0 saturated carbocycles. The Balaban J connectivity index is 1.79. The second-order valence-electron chi connectivity index (χ2n) is 6.55. The van der Waals surface area contributed by atoms with E-state index < -0.39 is 7.60 Å². The number of fused-ring (bicyclic) bond motifs is 1. The summed E-state index contributed by atoms with van der Waals surface area (Å²) in [5.41, 5.74) is 4.61. The van der Waals surface area contributed by atoms with Gasteiger partial charge in [-0.3, -0.25) is 9.13 Å². The molecule has 0 aliphatic rings. The van der Waals surface area contributed by atoms with Gasteiger partial charge in [-0.25, -0.2) is 4.98 Å². The highest BCUT2D eigenvalue weighted by molar-refractivity contribution is 7.51. The number of hydrogen-bond acceptors (Lipinski definition) is 2. The van der Waals surface area contributed by atoms with E-state index >= 15 is 0 Å². The fourth-order valence-corrected chi connectivity index (χ4v) is 3.89. The molecule has 142 valence electrons. The van der Waals surface area contributed by atoms with Gasteiger partial charge in [0.25, 0.3) is 0 Å². The summed E-state index contributed by atoms with van der Waals surface area (Å²) in [6.07, 6.45) is -0.0941. The van der Waals surface area contributed by atoms with Crippen LogP contribution in [0, 0.1) is 0 Å². The summed E-state index contributed by atoms with van der Waals surface area (Å²) in [7, 11) is -4.12. The Morgan fingerprint density at radius 3 is 2.29 bits per heavy atom. The molecule has 0 aliphatic heterocycles. The first-order valence-electron chi connectivity index (χ1n) is 8.78. The zero-order valence-electron chi connectivity index (χ0n) is 14.9. The normalized spacial score (nSPS) is 11.8. The molecule has 0 bridgehead atoms. The number of hydrogen-bond donors (Lipinski definition) is 2. The van der Waals surface area contributed by atoms with Crippen molar-refractivity contribution >= 4 is 30.2 Å². The number of halogens is 1. The van der Waals surface area contributed by atoms with Gasteiger partial charge in [-0.15, -0.1) is 0 Å². The maximum atomic E-state index is 11.4. The number of aromatic nitrogens is 2. The second kappa shape index (κ2) is 7.53. The van der Waals surface area contributed by atoms with E-state index in [9.17, 15) is 14.4 Å². The molecule has 0 spiro atoms. The lowest BCUT2D eigenvalue weighted by molar-refractivity contribution is 0.372. The molecule has 3 aromatic carbocycles. The summed E-state index contributed by atoms with van der Waals surface area (Å²) in [5, 5.41) is 0.580. The van der Waals surface area contributed by atoms with Crippen LogP contribution in [0.2, 0.25) is 5.02 Å². The molecule has 28 heavy (non-hydrogen) atoms. The Morgan fingerprint density at radius 2 is 1.61 bits per heavy atom. The monoisotopic (exact) mass is 412 g/mol. The molecule has 0 atom stereocenters. The van der Waals surface area contributed by atoms with E-state index in [0.29, 0.717) is 10.8 Å². The minimum absolute atomic E-state index is 0.164. The smallest absolute Gasteiger partial charge is 0.324 e. The Bertz CT molecular complexity index is 1170. The van der Waals surface area contributed by atoms with E-state index in [2.05, 4.69) is 4.98 Å². The van der Waals surface area contributed by atoms with Crippen LogP contribution in [0.5, 0.6) is 0 Å². The van der Waals surface area contributed by atoms with E-state index in [1.807, 2.05) is 71.3 Å². The second-order valence-corrected chi connectivity index (χ2v) is 8.76. The molecule has 0 amide bonds.